The largest absolute Gasteiger partial charge is 0.388 e. The predicted molar refractivity (Wildman–Crippen MR) is 145 cm³/mol. The maximum Gasteiger partial charge on any atom is 0.251 e. The Labute approximate surface area is 205 Å². The SMILES string of the molecule is C=C(NC)/C(=C/C=C(\CC)C(C[C@@H](C)N)(/C(N)=N/N)c1ccc(C(=O)NC)cc1CCC)CC. The molecule has 0 heterocycles. The van der Waals surface area contributed by atoms with Crippen molar-refractivity contribution in [2.24, 2.45) is 22.4 Å². The Morgan fingerprint density at radius 3 is 2.32 bits per heavy atom. The van der Waals surface area contributed by atoms with Crippen molar-refractivity contribution in [3.05, 3.63) is 70.5 Å². The van der Waals surface area contributed by atoms with Gasteiger partial charge in [0.25, 0.3) is 5.91 Å². The molecule has 8 N–H and O–H groups in total. The smallest absolute Gasteiger partial charge is 0.251 e. The Morgan fingerprint density at radius 1 is 1.18 bits per heavy atom. The van der Waals surface area contributed by atoms with Gasteiger partial charge in [-0.25, -0.2) is 0 Å². The van der Waals surface area contributed by atoms with Crippen LogP contribution in [-0.4, -0.2) is 31.9 Å². The molecule has 0 radical (unpaired) electrons. The van der Waals surface area contributed by atoms with E-state index in [0.717, 1.165) is 47.2 Å². The van der Waals surface area contributed by atoms with Gasteiger partial charge in [0, 0.05) is 31.4 Å². The number of hydrazone groups is 1. The molecule has 2 atom stereocenters. The van der Waals surface area contributed by atoms with Crippen LogP contribution in [0.3, 0.4) is 0 Å². The van der Waals surface area contributed by atoms with Crippen molar-refractivity contribution in [2.45, 2.75) is 71.3 Å². The second kappa shape index (κ2) is 13.6. The molecule has 34 heavy (non-hydrogen) atoms. The van der Waals surface area contributed by atoms with E-state index in [1.165, 1.54) is 0 Å². The molecule has 0 fully saturated rings. The van der Waals surface area contributed by atoms with Crippen LogP contribution < -0.4 is 27.9 Å². The quantitative estimate of drug-likeness (QED) is 0.0992. The van der Waals surface area contributed by atoms with Gasteiger partial charge in [-0.15, -0.1) is 0 Å². The van der Waals surface area contributed by atoms with E-state index in [-0.39, 0.29) is 11.9 Å². The molecule has 188 valence electrons. The van der Waals surface area contributed by atoms with Crippen molar-refractivity contribution in [3.8, 4) is 0 Å². The van der Waals surface area contributed by atoms with E-state index < -0.39 is 5.41 Å². The second-order valence-electron chi connectivity index (χ2n) is 8.62. The van der Waals surface area contributed by atoms with Crippen LogP contribution in [0.5, 0.6) is 0 Å². The molecule has 1 amide bonds. The van der Waals surface area contributed by atoms with Gasteiger partial charge in [0.15, 0.2) is 0 Å². The monoisotopic (exact) mass is 468 g/mol. The number of nitrogens with zero attached hydrogens (tertiary/aromatic N) is 1. The molecule has 1 unspecified atom stereocenters. The zero-order valence-corrected chi connectivity index (χ0v) is 21.8. The average Bonchev–Trinajstić information content (AvgIpc) is 2.84. The Kier molecular flexibility index (Phi) is 11.6. The Bertz CT molecular complexity index is 944. The number of nitrogens with one attached hydrogen (secondary N) is 2. The number of carbonyl (C=O) groups excluding carboxylic acids is 1. The summed E-state index contributed by atoms with van der Waals surface area (Å²) in [5, 5.41) is 9.83. The highest BCUT2D eigenvalue weighted by molar-refractivity contribution is 5.97. The lowest BCUT2D eigenvalue weighted by Gasteiger charge is -2.39. The number of rotatable bonds is 13. The first-order valence-electron chi connectivity index (χ1n) is 12.1. The summed E-state index contributed by atoms with van der Waals surface area (Å²) >= 11 is 0. The lowest BCUT2D eigenvalue weighted by atomic mass is 9.66. The van der Waals surface area contributed by atoms with Crippen molar-refractivity contribution in [1.82, 2.24) is 10.6 Å². The summed E-state index contributed by atoms with van der Waals surface area (Å²) in [5.41, 5.74) is 17.9. The van der Waals surface area contributed by atoms with E-state index in [4.69, 9.17) is 17.3 Å². The molecule has 0 aliphatic carbocycles. The number of amidine groups is 1. The molecule has 0 saturated carbocycles. The molecule has 7 heteroatoms. The summed E-state index contributed by atoms with van der Waals surface area (Å²) in [5.74, 6) is 6.01. The minimum atomic E-state index is -0.806. The first-order valence-corrected chi connectivity index (χ1v) is 12.1. The highest BCUT2D eigenvalue weighted by Crippen LogP contribution is 2.41. The van der Waals surface area contributed by atoms with E-state index in [1.807, 2.05) is 32.2 Å². The lowest BCUT2D eigenvalue weighted by Crippen LogP contribution is -2.47. The van der Waals surface area contributed by atoms with Crippen molar-refractivity contribution >= 4 is 11.7 Å². The van der Waals surface area contributed by atoms with Crippen LogP contribution in [0.25, 0.3) is 0 Å². The van der Waals surface area contributed by atoms with Crippen molar-refractivity contribution in [2.75, 3.05) is 14.1 Å². The van der Waals surface area contributed by atoms with E-state index in [0.29, 0.717) is 24.2 Å². The zero-order valence-electron chi connectivity index (χ0n) is 21.8. The van der Waals surface area contributed by atoms with Gasteiger partial charge in [0.1, 0.15) is 5.84 Å². The van der Waals surface area contributed by atoms with Crippen LogP contribution >= 0.6 is 0 Å². The minimum Gasteiger partial charge on any atom is -0.388 e. The number of amides is 1. The van der Waals surface area contributed by atoms with Crippen molar-refractivity contribution < 1.29 is 4.79 Å². The minimum absolute atomic E-state index is 0.130. The molecule has 0 bridgehead atoms. The van der Waals surface area contributed by atoms with E-state index in [2.05, 4.69) is 55.2 Å². The Balaban J connectivity index is 4.04. The Morgan fingerprint density at radius 2 is 1.85 bits per heavy atom. The number of hydrogen-bond donors (Lipinski definition) is 5. The van der Waals surface area contributed by atoms with E-state index in [1.54, 1.807) is 7.05 Å². The van der Waals surface area contributed by atoms with Crippen LogP contribution in [-0.2, 0) is 11.8 Å². The standard InChI is InChI=1S/C27H44N6O/c1-8-11-21-16-22(25(34)32-7)13-15-24(21)27(17-18(4)28,26(29)33-30)23(10-3)14-12-20(9-2)19(5)31-6/h12-16,18,31H,5,8-11,17,28,30H2,1-4,6-7H3,(H2,29,33)(H,32,34)/b20-12+,23-14+/t18-,27?/m1/s1. The molecule has 0 saturated heterocycles. The van der Waals surface area contributed by atoms with E-state index in [9.17, 15) is 4.79 Å². The average molecular weight is 469 g/mol. The second-order valence-corrected chi connectivity index (χ2v) is 8.62. The fourth-order valence-electron chi connectivity index (χ4n) is 4.54. The number of nitrogens with two attached hydrogens (primary N) is 3. The molecule has 0 aliphatic rings. The van der Waals surface area contributed by atoms with Gasteiger partial charge in [-0.2, -0.15) is 5.10 Å². The number of allylic oxidation sites excluding steroid dienone is 3. The van der Waals surface area contributed by atoms with Gasteiger partial charge in [-0.1, -0.05) is 57.6 Å². The maximum absolute atomic E-state index is 12.4. The summed E-state index contributed by atoms with van der Waals surface area (Å²) < 4.78 is 0. The molecular weight excluding hydrogens is 424 g/mol. The number of hydrogen-bond acceptors (Lipinski definition) is 5. The topological polar surface area (TPSA) is 132 Å². The molecular formula is C27H44N6O. The normalized spacial score (nSPS) is 15.4. The number of aryl methyl sites for hydroxylation is 1. The number of likely N-dealkylation sites (N-methyl/N-ethyl adjacent to an activating group) is 1. The zero-order chi connectivity index (χ0) is 25.9. The third-order valence-electron chi connectivity index (χ3n) is 6.26. The van der Waals surface area contributed by atoms with Gasteiger partial charge >= 0.3 is 0 Å². The molecule has 0 aromatic heterocycles. The van der Waals surface area contributed by atoms with Gasteiger partial charge < -0.3 is 27.9 Å². The van der Waals surface area contributed by atoms with Crippen LogP contribution in [0.1, 0.15) is 74.9 Å². The molecule has 1 aromatic carbocycles. The summed E-state index contributed by atoms with van der Waals surface area (Å²) in [7, 11) is 3.49. The lowest BCUT2D eigenvalue weighted by molar-refractivity contribution is 0.0963. The van der Waals surface area contributed by atoms with Crippen LogP contribution in [0, 0.1) is 0 Å². The molecule has 1 aromatic rings. The van der Waals surface area contributed by atoms with Crippen LogP contribution in [0.2, 0.25) is 0 Å². The van der Waals surface area contributed by atoms with Crippen molar-refractivity contribution in [1.29, 1.82) is 0 Å². The molecule has 1 rings (SSSR count). The van der Waals surface area contributed by atoms with Gasteiger partial charge in [-0.05, 0) is 61.4 Å². The molecule has 7 nitrogen and oxygen atoms in total. The summed E-state index contributed by atoms with van der Waals surface area (Å²) in [6.45, 7) is 12.4. The third-order valence-corrected chi connectivity index (χ3v) is 6.26. The van der Waals surface area contributed by atoms with E-state index >= 15 is 0 Å². The third kappa shape index (κ3) is 6.50. The highest BCUT2D eigenvalue weighted by Gasteiger charge is 2.42. The first-order chi connectivity index (χ1) is 16.2. The van der Waals surface area contributed by atoms with Gasteiger partial charge in [-0.3, -0.25) is 4.79 Å². The summed E-state index contributed by atoms with van der Waals surface area (Å²) in [6, 6.07) is 5.58. The first kappa shape index (κ1) is 29.0. The van der Waals surface area contributed by atoms with Gasteiger partial charge in [0.05, 0.1) is 5.41 Å². The maximum atomic E-state index is 12.4. The highest BCUT2D eigenvalue weighted by atomic mass is 16.1. The fourth-order valence-corrected chi connectivity index (χ4v) is 4.54. The predicted octanol–water partition coefficient (Wildman–Crippen LogP) is 3.61. The van der Waals surface area contributed by atoms with Crippen molar-refractivity contribution in [3.63, 3.8) is 0 Å². The number of benzene rings is 1. The van der Waals surface area contributed by atoms with Crippen LogP contribution in [0.4, 0.5) is 0 Å². The molecule has 0 aliphatic heterocycles. The molecule has 0 spiro atoms. The fraction of sp³-hybridized carbons (Fsp3) is 0.481. The number of carbonyl (C=O) groups is 1. The summed E-state index contributed by atoms with van der Waals surface area (Å²) in [6.07, 6.45) is 7.94. The summed E-state index contributed by atoms with van der Waals surface area (Å²) in [4.78, 5) is 12.4. The van der Waals surface area contributed by atoms with Crippen LogP contribution in [0.15, 0.2) is 58.9 Å². The van der Waals surface area contributed by atoms with Gasteiger partial charge in [0.2, 0.25) is 0 Å². The Hall–Kier alpha value is -3.06.